The lowest BCUT2D eigenvalue weighted by Gasteiger charge is -2.12. The molecule has 1 aliphatic heterocycles. The van der Waals surface area contributed by atoms with Gasteiger partial charge >= 0.3 is 6.36 Å². The molecular weight excluding hydrogens is 393 g/mol. The van der Waals surface area contributed by atoms with Crippen LogP contribution in [0, 0.1) is 6.92 Å². The van der Waals surface area contributed by atoms with Crippen molar-refractivity contribution in [1.29, 1.82) is 0 Å². The van der Waals surface area contributed by atoms with Crippen molar-refractivity contribution in [1.82, 2.24) is 9.88 Å². The molecule has 0 amide bonds. The van der Waals surface area contributed by atoms with Gasteiger partial charge in [-0.2, -0.15) is 0 Å². The largest absolute Gasteiger partial charge is 0.573 e. The van der Waals surface area contributed by atoms with Gasteiger partial charge in [0.25, 0.3) is 0 Å². The third-order valence-electron chi connectivity index (χ3n) is 5.29. The average Bonchev–Trinajstić information content (AvgIpc) is 3.35. The number of hydrogen-bond donors (Lipinski definition) is 0. The average molecular weight is 416 g/mol. The standard InChI is InChI=1S/C23H23F3N2O2/c1-16-21(11-14-28-12-2-3-13-28)27-22(29-16)18-9-7-17(8-10-18)19-5-4-6-20(15-19)30-23(24,25)26/h4-10,15H,2-3,11-14H2,1H3. The van der Waals surface area contributed by atoms with Crippen LogP contribution in [0.25, 0.3) is 22.6 Å². The highest BCUT2D eigenvalue weighted by Gasteiger charge is 2.31. The Hall–Kier alpha value is -2.80. The van der Waals surface area contributed by atoms with E-state index in [4.69, 9.17) is 4.42 Å². The highest BCUT2D eigenvalue weighted by atomic mass is 19.4. The van der Waals surface area contributed by atoms with Gasteiger partial charge in [-0.3, -0.25) is 0 Å². The molecule has 0 N–H and O–H groups in total. The Morgan fingerprint density at radius 3 is 2.40 bits per heavy atom. The third kappa shape index (κ3) is 5.02. The first-order valence-corrected chi connectivity index (χ1v) is 10.0. The van der Waals surface area contributed by atoms with E-state index in [0.29, 0.717) is 11.5 Å². The number of hydrogen-bond acceptors (Lipinski definition) is 4. The van der Waals surface area contributed by atoms with Crippen molar-refractivity contribution >= 4 is 0 Å². The molecule has 0 unspecified atom stereocenters. The minimum atomic E-state index is -4.71. The number of aromatic nitrogens is 1. The van der Waals surface area contributed by atoms with E-state index in [9.17, 15) is 13.2 Å². The van der Waals surface area contributed by atoms with Gasteiger partial charge in [0.2, 0.25) is 5.89 Å². The maximum atomic E-state index is 12.5. The molecule has 0 atom stereocenters. The molecule has 0 saturated carbocycles. The third-order valence-corrected chi connectivity index (χ3v) is 5.29. The fourth-order valence-corrected chi connectivity index (χ4v) is 3.73. The Kier molecular flexibility index (Phi) is 5.81. The Balaban J connectivity index is 1.47. The highest BCUT2D eigenvalue weighted by Crippen LogP contribution is 2.30. The first-order valence-electron chi connectivity index (χ1n) is 10.0. The summed E-state index contributed by atoms with van der Waals surface area (Å²) in [5, 5.41) is 0. The van der Waals surface area contributed by atoms with E-state index < -0.39 is 6.36 Å². The van der Waals surface area contributed by atoms with Crippen LogP contribution in [-0.4, -0.2) is 35.9 Å². The van der Waals surface area contributed by atoms with Crippen molar-refractivity contribution < 1.29 is 22.3 Å². The maximum absolute atomic E-state index is 12.5. The molecular formula is C23H23F3N2O2. The molecule has 0 spiro atoms. The van der Waals surface area contributed by atoms with Gasteiger partial charge in [0, 0.05) is 18.5 Å². The maximum Gasteiger partial charge on any atom is 0.573 e. The number of ether oxygens (including phenoxy) is 1. The molecule has 1 saturated heterocycles. The van der Waals surface area contributed by atoms with Crippen LogP contribution in [0.5, 0.6) is 5.75 Å². The Morgan fingerprint density at radius 1 is 1.00 bits per heavy atom. The van der Waals surface area contributed by atoms with E-state index >= 15 is 0 Å². The number of alkyl halides is 3. The van der Waals surface area contributed by atoms with Crippen LogP contribution in [0.15, 0.2) is 52.9 Å². The lowest BCUT2D eigenvalue weighted by molar-refractivity contribution is -0.274. The van der Waals surface area contributed by atoms with E-state index in [1.54, 1.807) is 6.07 Å². The summed E-state index contributed by atoms with van der Waals surface area (Å²) in [6.07, 6.45) is -1.32. The molecule has 4 rings (SSSR count). The topological polar surface area (TPSA) is 38.5 Å². The number of halogens is 3. The first-order chi connectivity index (χ1) is 14.4. The summed E-state index contributed by atoms with van der Waals surface area (Å²) < 4.78 is 47.2. The molecule has 0 aliphatic carbocycles. The van der Waals surface area contributed by atoms with Crippen molar-refractivity contribution in [3.05, 3.63) is 60.0 Å². The molecule has 4 nitrogen and oxygen atoms in total. The molecule has 1 aromatic heterocycles. The van der Waals surface area contributed by atoms with Crippen LogP contribution in [0.1, 0.15) is 24.3 Å². The number of benzene rings is 2. The molecule has 2 aromatic carbocycles. The summed E-state index contributed by atoms with van der Waals surface area (Å²) in [5.74, 6) is 1.14. The second-order valence-corrected chi connectivity index (χ2v) is 7.47. The van der Waals surface area contributed by atoms with Crippen LogP contribution >= 0.6 is 0 Å². The Bertz CT molecular complexity index is 990. The molecule has 1 fully saturated rings. The zero-order valence-electron chi connectivity index (χ0n) is 16.7. The molecule has 30 heavy (non-hydrogen) atoms. The van der Waals surface area contributed by atoms with Crippen LogP contribution < -0.4 is 4.74 Å². The van der Waals surface area contributed by atoms with Crippen molar-refractivity contribution in [2.24, 2.45) is 0 Å². The van der Waals surface area contributed by atoms with E-state index in [-0.39, 0.29) is 5.75 Å². The predicted octanol–water partition coefficient (Wildman–Crippen LogP) is 5.85. The van der Waals surface area contributed by atoms with Gasteiger partial charge in [0.05, 0.1) is 5.69 Å². The predicted molar refractivity (Wildman–Crippen MR) is 108 cm³/mol. The number of nitrogens with zero attached hydrogens (tertiary/aromatic N) is 2. The van der Waals surface area contributed by atoms with Crippen LogP contribution in [0.2, 0.25) is 0 Å². The van der Waals surface area contributed by atoms with Crippen LogP contribution in [0.3, 0.4) is 0 Å². The number of aryl methyl sites for hydroxylation is 1. The van der Waals surface area contributed by atoms with E-state index in [2.05, 4.69) is 14.6 Å². The lowest BCUT2D eigenvalue weighted by Crippen LogP contribution is -2.22. The summed E-state index contributed by atoms with van der Waals surface area (Å²) in [6.45, 7) is 5.22. The van der Waals surface area contributed by atoms with E-state index in [1.165, 1.54) is 31.0 Å². The first kappa shape index (κ1) is 20.5. The molecule has 158 valence electrons. The van der Waals surface area contributed by atoms with Gasteiger partial charge in [-0.05, 0) is 68.2 Å². The monoisotopic (exact) mass is 416 g/mol. The Labute approximate surface area is 173 Å². The molecule has 0 radical (unpaired) electrons. The molecule has 0 bridgehead atoms. The minimum Gasteiger partial charge on any atom is -0.441 e. The van der Waals surface area contributed by atoms with Gasteiger partial charge in [-0.25, -0.2) is 4.98 Å². The molecule has 3 aromatic rings. The zero-order valence-corrected chi connectivity index (χ0v) is 16.7. The van der Waals surface area contributed by atoms with E-state index in [1.807, 2.05) is 31.2 Å². The SMILES string of the molecule is Cc1oc(-c2ccc(-c3cccc(OC(F)(F)F)c3)cc2)nc1CCN1CCCC1. The molecule has 7 heteroatoms. The van der Waals surface area contributed by atoms with Gasteiger partial charge in [0.1, 0.15) is 11.5 Å². The van der Waals surface area contributed by atoms with E-state index in [0.717, 1.165) is 48.6 Å². The van der Waals surface area contributed by atoms with Crippen molar-refractivity contribution in [3.8, 4) is 28.3 Å². The fourth-order valence-electron chi connectivity index (χ4n) is 3.73. The summed E-state index contributed by atoms with van der Waals surface area (Å²) in [7, 11) is 0. The van der Waals surface area contributed by atoms with Crippen molar-refractivity contribution in [3.63, 3.8) is 0 Å². The van der Waals surface area contributed by atoms with Crippen molar-refractivity contribution in [2.75, 3.05) is 19.6 Å². The van der Waals surface area contributed by atoms with Crippen molar-refractivity contribution in [2.45, 2.75) is 32.5 Å². The van der Waals surface area contributed by atoms with Crippen LogP contribution in [-0.2, 0) is 6.42 Å². The normalized spacial score (nSPS) is 14.9. The minimum absolute atomic E-state index is 0.241. The molecule has 1 aliphatic rings. The fraction of sp³-hybridized carbons (Fsp3) is 0.348. The molecule has 2 heterocycles. The summed E-state index contributed by atoms with van der Waals surface area (Å²) in [4.78, 5) is 7.10. The van der Waals surface area contributed by atoms with Gasteiger partial charge in [-0.1, -0.05) is 24.3 Å². The summed E-state index contributed by atoms with van der Waals surface area (Å²) in [5.41, 5.74) is 3.22. The van der Waals surface area contributed by atoms with Gasteiger partial charge < -0.3 is 14.1 Å². The van der Waals surface area contributed by atoms with Gasteiger partial charge in [-0.15, -0.1) is 13.2 Å². The summed E-state index contributed by atoms with van der Waals surface area (Å²) >= 11 is 0. The number of rotatable bonds is 6. The summed E-state index contributed by atoms with van der Waals surface area (Å²) in [6, 6.07) is 13.3. The smallest absolute Gasteiger partial charge is 0.441 e. The lowest BCUT2D eigenvalue weighted by atomic mass is 10.0. The Morgan fingerprint density at radius 2 is 1.70 bits per heavy atom. The second-order valence-electron chi connectivity index (χ2n) is 7.47. The number of likely N-dealkylation sites (tertiary alicyclic amines) is 1. The second kappa shape index (κ2) is 8.52. The highest BCUT2D eigenvalue weighted by molar-refractivity contribution is 5.68. The van der Waals surface area contributed by atoms with Gasteiger partial charge in [0.15, 0.2) is 0 Å². The number of oxazole rings is 1. The zero-order chi connectivity index (χ0) is 21.1. The quantitative estimate of drug-likeness (QED) is 0.505. The van der Waals surface area contributed by atoms with Crippen LogP contribution in [0.4, 0.5) is 13.2 Å².